The van der Waals surface area contributed by atoms with Gasteiger partial charge in [-0.25, -0.2) is 4.39 Å². The van der Waals surface area contributed by atoms with Crippen LogP contribution in [0.3, 0.4) is 0 Å². The summed E-state index contributed by atoms with van der Waals surface area (Å²) in [6.45, 7) is 5.43. The molecule has 3 heteroatoms. The highest BCUT2D eigenvalue weighted by molar-refractivity contribution is 9.10. The van der Waals surface area contributed by atoms with Gasteiger partial charge in [-0.15, -0.1) is 0 Å². The third-order valence-corrected chi connectivity index (χ3v) is 4.31. The molecule has 1 aromatic carbocycles. The highest BCUT2D eigenvalue weighted by Gasteiger charge is 2.26. The molecular weight excluding hydrogens is 293 g/mol. The molecule has 0 aliphatic heterocycles. The lowest BCUT2D eigenvalue weighted by Crippen LogP contribution is -2.35. The normalized spacial score (nSPS) is 20.0. The van der Waals surface area contributed by atoms with Crippen molar-refractivity contribution in [3.8, 4) is 0 Å². The lowest BCUT2D eigenvalue weighted by atomic mass is 9.75. The van der Waals surface area contributed by atoms with Gasteiger partial charge in [-0.2, -0.15) is 0 Å². The van der Waals surface area contributed by atoms with Gasteiger partial charge in [-0.3, -0.25) is 0 Å². The van der Waals surface area contributed by atoms with Crippen LogP contribution in [0.25, 0.3) is 0 Å². The number of hydrogen-bond acceptors (Lipinski definition) is 1. The molecule has 0 aromatic heterocycles. The Kier molecular flexibility index (Phi) is 4.44. The maximum absolute atomic E-state index is 13.2. The first-order valence-corrected chi connectivity index (χ1v) is 7.42. The average Bonchev–Trinajstić information content (AvgIpc) is 2.26. The van der Waals surface area contributed by atoms with Gasteiger partial charge in [-0.1, -0.05) is 29.8 Å². The SMILES string of the molecule is CC1(C)CCC(NCc2cc(F)cc(Br)c2)CC1. The van der Waals surface area contributed by atoms with Crippen molar-refractivity contribution in [3.05, 3.63) is 34.1 Å². The summed E-state index contributed by atoms with van der Waals surface area (Å²) in [7, 11) is 0. The Balaban J connectivity index is 1.85. The summed E-state index contributed by atoms with van der Waals surface area (Å²) in [6.07, 6.45) is 5.00. The van der Waals surface area contributed by atoms with E-state index in [2.05, 4.69) is 35.1 Å². The predicted molar refractivity (Wildman–Crippen MR) is 77.0 cm³/mol. The van der Waals surface area contributed by atoms with E-state index in [9.17, 15) is 4.39 Å². The standard InChI is InChI=1S/C15H21BrFN/c1-15(2)5-3-14(4-6-15)18-10-11-7-12(16)9-13(17)8-11/h7-9,14,18H,3-6,10H2,1-2H3. The Morgan fingerprint density at radius 2 is 1.94 bits per heavy atom. The lowest BCUT2D eigenvalue weighted by Gasteiger charge is -2.34. The van der Waals surface area contributed by atoms with Crippen molar-refractivity contribution >= 4 is 15.9 Å². The topological polar surface area (TPSA) is 12.0 Å². The van der Waals surface area contributed by atoms with Crippen LogP contribution in [-0.4, -0.2) is 6.04 Å². The smallest absolute Gasteiger partial charge is 0.124 e. The highest BCUT2D eigenvalue weighted by Crippen LogP contribution is 2.35. The molecule has 1 nitrogen and oxygen atoms in total. The van der Waals surface area contributed by atoms with E-state index in [1.807, 2.05) is 6.07 Å². The minimum absolute atomic E-state index is 0.175. The first kappa shape index (κ1) is 14.0. The van der Waals surface area contributed by atoms with Crippen molar-refractivity contribution in [2.45, 2.75) is 52.1 Å². The Hall–Kier alpha value is -0.410. The summed E-state index contributed by atoms with van der Waals surface area (Å²) in [6, 6.07) is 5.65. The number of rotatable bonds is 3. The fourth-order valence-electron chi connectivity index (χ4n) is 2.58. The molecule has 0 unspecified atom stereocenters. The van der Waals surface area contributed by atoms with Gasteiger partial charge in [0.05, 0.1) is 0 Å². The van der Waals surface area contributed by atoms with E-state index in [1.54, 1.807) is 6.07 Å². The second-order valence-electron chi connectivity index (χ2n) is 6.10. The van der Waals surface area contributed by atoms with Gasteiger partial charge in [0.15, 0.2) is 0 Å². The first-order valence-electron chi connectivity index (χ1n) is 6.63. The molecular formula is C15H21BrFN. The molecule has 0 saturated heterocycles. The first-order chi connectivity index (χ1) is 8.44. The summed E-state index contributed by atoms with van der Waals surface area (Å²) < 4.78 is 14.0. The zero-order valence-corrected chi connectivity index (χ0v) is 12.7. The molecule has 0 bridgehead atoms. The molecule has 0 amide bonds. The number of benzene rings is 1. The molecule has 2 rings (SSSR count). The maximum atomic E-state index is 13.2. The van der Waals surface area contributed by atoms with Crippen LogP contribution < -0.4 is 5.32 Å². The largest absolute Gasteiger partial charge is 0.310 e. The molecule has 1 fully saturated rings. The van der Waals surface area contributed by atoms with Crippen LogP contribution in [0.4, 0.5) is 4.39 Å². The maximum Gasteiger partial charge on any atom is 0.124 e. The molecule has 1 N–H and O–H groups in total. The van der Waals surface area contributed by atoms with Gasteiger partial charge in [0.2, 0.25) is 0 Å². The second-order valence-corrected chi connectivity index (χ2v) is 7.01. The number of hydrogen-bond donors (Lipinski definition) is 1. The Bertz CT molecular complexity index is 387. The summed E-state index contributed by atoms with van der Waals surface area (Å²) in [5.41, 5.74) is 1.51. The van der Waals surface area contributed by atoms with E-state index < -0.39 is 0 Å². The molecule has 1 saturated carbocycles. The minimum Gasteiger partial charge on any atom is -0.310 e. The second kappa shape index (κ2) is 5.70. The Morgan fingerprint density at radius 3 is 2.56 bits per heavy atom. The third kappa shape index (κ3) is 4.06. The van der Waals surface area contributed by atoms with Crippen molar-refractivity contribution in [3.63, 3.8) is 0 Å². The third-order valence-electron chi connectivity index (χ3n) is 3.86. The van der Waals surface area contributed by atoms with Crippen LogP contribution in [0, 0.1) is 11.2 Å². The fourth-order valence-corrected chi connectivity index (χ4v) is 3.09. The van der Waals surface area contributed by atoms with Gasteiger partial charge in [0.1, 0.15) is 5.82 Å². The van der Waals surface area contributed by atoms with E-state index in [4.69, 9.17) is 0 Å². The summed E-state index contributed by atoms with van der Waals surface area (Å²) in [4.78, 5) is 0. The van der Waals surface area contributed by atoms with Gasteiger partial charge >= 0.3 is 0 Å². The molecule has 18 heavy (non-hydrogen) atoms. The van der Waals surface area contributed by atoms with E-state index in [-0.39, 0.29) is 5.82 Å². The van der Waals surface area contributed by atoms with Crippen molar-refractivity contribution in [1.82, 2.24) is 5.32 Å². The highest BCUT2D eigenvalue weighted by atomic mass is 79.9. The average molecular weight is 314 g/mol. The van der Waals surface area contributed by atoms with Gasteiger partial charge < -0.3 is 5.32 Å². The van der Waals surface area contributed by atoms with Crippen molar-refractivity contribution in [2.24, 2.45) is 5.41 Å². The van der Waals surface area contributed by atoms with Crippen molar-refractivity contribution < 1.29 is 4.39 Å². The Morgan fingerprint density at radius 1 is 1.28 bits per heavy atom. The molecule has 100 valence electrons. The summed E-state index contributed by atoms with van der Waals surface area (Å²) in [5, 5.41) is 3.54. The van der Waals surface area contributed by atoms with Crippen LogP contribution in [0.5, 0.6) is 0 Å². The molecule has 1 aliphatic carbocycles. The zero-order valence-electron chi connectivity index (χ0n) is 11.1. The summed E-state index contributed by atoms with van der Waals surface area (Å²) >= 11 is 3.33. The quantitative estimate of drug-likeness (QED) is 0.856. The zero-order chi connectivity index (χ0) is 13.2. The molecule has 1 aliphatic rings. The lowest BCUT2D eigenvalue weighted by molar-refractivity contribution is 0.206. The minimum atomic E-state index is -0.175. The molecule has 0 heterocycles. The van der Waals surface area contributed by atoms with Crippen LogP contribution in [0.2, 0.25) is 0 Å². The van der Waals surface area contributed by atoms with Gasteiger partial charge in [0.25, 0.3) is 0 Å². The van der Waals surface area contributed by atoms with E-state index in [1.165, 1.54) is 31.7 Å². The van der Waals surface area contributed by atoms with E-state index >= 15 is 0 Å². The van der Waals surface area contributed by atoms with Crippen LogP contribution >= 0.6 is 15.9 Å². The van der Waals surface area contributed by atoms with E-state index in [0.717, 1.165) is 16.6 Å². The molecule has 0 radical (unpaired) electrons. The number of nitrogens with one attached hydrogen (secondary N) is 1. The van der Waals surface area contributed by atoms with Crippen LogP contribution in [0.15, 0.2) is 22.7 Å². The van der Waals surface area contributed by atoms with Gasteiger partial charge in [-0.05, 0) is 54.9 Å². The molecule has 0 spiro atoms. The molecule has 1 aromatic rings. The fraction of sp³-hybridized carbons (Fsp3) is 0.600. The molecule has 0 atom stereocenters. The van der Waals surface area contributed by atoms with Crippen molar-refractivity contribution in [2.75, 3.05) is 0 Å². The summed E-state index contributed by atoms with van der Waals surface area (Å²) in [5.74, 6) is -0.175. The monoisotopic (exact) mass is 313 g/mol. The Labute approximate surface area is 117 Å². The van der Waals surface area contributed by atoms with Gasteiger partial charge in [0, 0.05) is 17.1 Å². The van der Waals surface area contributed by atoms with E-state index in [0.29, 0.717) is 11.5 Å². The number of halogens is 2. The predicted octanol–water partition coefficient (Wildman–Crippen LogP) is 4.65. The van der Waals surface area contributed by atoms with Crippen LogP contribution in [0.1, 0.15) is 45.1 Å². The van der Waals surface area contributed by atoms with Crippen molar-refractivity contribution in [1.29, 1.82) is 0 Å². The van der Waals surface area contributed by atoms with Crippen LogP contribution in [-0.2, 0) is 6.54 Å².